The summed E-state index contributed by atoms with van der Waals surface area (Å²) in [5.41, 5.74) is 6.62. The molecule has 8 nitrogen and oxygen atoms in total. The fourth-order valence-corrected chi connectivity index (χ4v) is 7.76. The van der Waals surface area contributed by atoms with Gasteiger partial charge in [0.05, 0.1) is 22.4 Å². The van der Waals surface area contributed by atoms with Crippen molar-refractivity contribution in [2.75, 3.05) is 31.1 Å². The lowest BCUT2D eigenvalue weighted by atomic mass is 9.91. The van der Waals surface area contributed by atoms with Crippen LogP contribution in [0.3, 0.4) is 0 Å². The number of ether oxygens (including phenoxy) is 1. The van der Waals surface area contributed by atoms with Gasteiger partial charge in [0.25, 0.3) is 6.47 Å². The molecule has 0 unspecified atom stereocenters. The van der Waals surface area contributed by atoms with Crippen LogP contribution in [-0.4, -0.2) is 43.7 Å². The van der Waals surface area contributed by atoms with E-state index < -0.39 is 5.97 Å². The summed E-state index contributed by atoms with van der Waals surface area (Å²) in [4.78, 5) is 26.8. The van der Waals surface area contributed by atoms with Gasteiger partial charge >= 0.3 is 17.1 Å². The Balaban J connectivity index is 1.64. The molecule has 274 valence electrons. The fraction of sp³-hybridized carbons (Fsp3) is 0.261. The van der Waals surface area contributed by atoms with Crippen LogP contribution in [0, 0.1) is 0 Å². The second kappa shape index (κ2) is 15.9. The monoisotopic (exact) mass is 722 g/mol. The minimum atomic E-state index is -1.01. The van der Waals surface area contributed by atoms with Crippen molar-refractivity contribution < 1.29 is 28.3 Å². The smallest absolute Gasteiger partial charge is 0.368 e. The largest absolute Gasteiger partial charge is 0.478 e. The van der Waals surface area contributed by atoms with E-state index in [2.05, 4.69) is 67.5 Å². The Bertz CT molecular complexity index is 2590. The quantitative estimate of drug-likeness (QED) is 0.0517. The van der Waals surface area contributed by atoms with Crippen molar-refractivity contribution in [1.29, 1.82) is 0 Å². The van der Waals surface area contributed by atoms with Crippen molar-refractivity contribution in [3.8, 4) is 28.0 Å². The van der Waals surface area contributed by atoms with Gasteiger partial charge in [0, 0.05) is 71.2 Å². The van der Waals surface area contributed by atoms with E-state index in [4.69, 9.17) is 13.6 Å². The summed E-state index contributed by atoms with van der Waals surface area (Å²) in [5.74, 6) is -0.597. The lowest BCUT2D eigenvalue weighted by molar-refractivity contribution is -0.120. The van der Waals surface area contributed by atoms with Crippen LogP contribution < -0.4 is 19.6 Å². The summed E-state index contributed by atoms with van der Waals surface area (Å²) in [6.45, 7) is 12.8. The van der Waals surface area contributed by atoms with Crippen LogP contribution in [0.1, 0.15) is 63.7 Å². The van der Waals surface area contributed by atoms with Gasteiger partial charge in [-0.3, -0.25) is 4.79 Å². The molecule has 0 aliphatic rings. The molecule has 0 bridgehead atoms. The summed E-state index contributed by atoms with van der Waals surface area (Å²) < 4.78 is 21.5. The van der Waals surface area contributed by atoms with Crippen LogP contribution in [0.25, 0.3) is 66.1 Å². The molecule has 0 atom stereocenters. The van der Waals surface area contributed by atoms with E-state index in [0.717, 1.165) is 101 Å². The van der Waals surface area contributed by atoms with E-state index in [0.29, 0.717) is 40.1 Å². The van der Waals surface area contributed by atoms with E-state index in [1.54, 1.807) is 18.2 Å². The maximum absolute atomic E-state index is 12.7. The topological polar surface area (TPSA) is 94.3 Å². The van der Waals surface area contributed by atoms with Gasteiger partial charge in [0.2, 0.25) is 5.36 Å². The van der Waals surface area contributed by atoms with Crippen molar-refractivity contribution in [2.45, 2.75) is 53.4 Å². The number of carboxylic acid groups (broad SMARTS) is 1. The molecule has 0 spiro atoms. The number of carbonyl (C=O) groups excluding carboxylic acids is 1. The molecule has 1 N–H and O–H groups in total. The summed E-state index contributed by atoms with van der Waals surface area (Å²) in [5, 5.41) is 14.6. The maximum atomic E-state index is 12.7. The first-order valence-corrected chi connectivity index (χ1v) is 19.0. The zero-order valence-corrected chi connectivity index (χ0v) is 31.4. The van der Waals surface area contributed by atoms with E-state index >= 15 is 0 Å². The van der Waals surface area contributed by atoms with Gasteiger partial charge < -0.3 is 19.2 Å². The summed E-state index contributed by atoms with van der Waals surface area (Å²) in [6, 6.07) is 31.0. The minimum absolute atomic E-state index is 0.193. The number of rotatable bonds is 14. The lowest BCUT2D eigenvalue weighted by Gasteiger charge is -2.24. The highest BCUT2D eigenvalue weighted by Gasteiger charge is 2.27. The number of nitrogens with zero attached hydrogens (tertiary/aromatic N) is 2. The number of para-hydroxylation sites is 1. The number of carbonyl (C=O) groups is 2. The van der Waals surface area contributed by atoms with Crippen molar-refractivity contribution in [3.63, 3.8) is 0 Å². The Morgan fingerprint density at radius 2 is 1.37 bits per heavy atom. The third kappa shape index (κ3) is 6.80. The Hall–Kier alpha value is -6.02. The van der Waals surface area contributed by atoms with Crippen LogP contribution in [0.5, 0.6) is 5.75 Å². The van der Waals surface area contributed by atoms with Gasteiger partial charge in [-0.15, -0.1) is 0 Å². The summed E-state index contributed by atoms with van der Waals surface area (Å²) >= 11 is 0. The Morgan fingerprint density at radius 3 is 2.07 bits per heavy atom. The second-order valence-corrected chi connectivity index (χ2v) is 13.7. The molecule has 0 saturated carbocycles. The first kappa shape index (κ1) is 36.3. The highest BCUT2D eigenvalue weighted by Crippen LogP contribution is 2.45. The van der Waals surface area contributed by atoms with E-state index in [1.807, 2.05) is 48.5 Å². The molecule has 0 amide bonds. The van der Waals surface area contributed by atoms with E-state index in [9.17, 15) is 14.7 Å². The molecule has 0 aliphatic carbocycles. The predicted molar refractivity (Wildman–Crippen MR) is 218 cm³/mol. The third-order valence-corrected chi connectivity index (χ3v) is 9.99. The van der Waals surface area contributed by atoms with Crippen LogP contribution in [0.4, 0.5) is 5.69 Å². The third-order valence-electron chi connectivity index (χ3n) is 9.99. The van der Waals surface area contributed by atoms with Crippen LogP contribution >= 0.6 is 0 Å². The second-order valence-electron chi connectivity index (χ2n) is 13.7. The minimum Gasteiger partial charge on any atom is -0.478 e. The first-order valence-electron chi connectivity index (χ1n) is 19.0. The molecular formula is C46H46N2O6+2. The van der Waals surface area contributed by atoms with Gasteiger partial charge in [0.15, 0.2) is 0 Å². The number of aromatic carboxylic acids is 1. The predicted octanol–water partition coefficient (Wildman–Crippen LogP) is 10.6. The molecule has 2 aromatic heterocycles. The Labute approximate surface area is 314 Å². The Kier molecular flexibility index (Phi) is 10.7. The van der Waals surface area contributed by atoms with Gasteiger partial charge in [-0.05, 0) is 54.8 Å². The van der Waals surface area contributed by atoms with Crippen molar-refractivity contribution in [3.05, 3.63) is 108 Å². The highest BCUT2D eigenvalue weighted by molar-refractivity contribution is 6.17. The average Bonchev–Trinajstić information content (AvgIpc) is 3.18. The SMILES string of the molecule is CCCN(CCC)c1ccc2c(-c3ccccc3OC=O)c3cc4c(-c5ccccc5C(=O)O)c5ccc(=[N+](CCC)CCC)cc5[o+]c4cc3oc2c1. The molecule has 54 heavy (non-hydrogen) atoms. The molecule has 0 aliphatic heterocycles. The van der Waals surface area contributed by atoms with Gasteiger partial charge in [0.1, 0.15) is 36.1 Å². The first-order chi connectivity index (χ1) is 26.4. The number of hydrogen-bond acceptors (Lipinski definition) is 5. The molecule has 7 rings (SSSR count). The standard InChI is InChI=1S/C46H45N2O6/c1-5-21-47(22-6-2)30-17-19-35-40(25-30)53-42-28-43-38(27-37(42)44(35)32-13-9-10-14-33(32)46(50)51)45(34-15-11-12-16-39(34)52-29-49)36-20-18-31(26-41(36)54-43)48(23-7-3)24-8-4/h9-20,25-29H,5-8,21-24H2,1-4H3/q+1/p+1. The maximum Gasteiger partial charge on any atom is 0.368 e. The van der Waals surface area contributed by atoms with E-state index in [1.165, 1.54) is 0 Å². The van der Waals surface area contributed by atoms with Crippen LogP contribution in [0.15, 0.2) is 106 Å². The molecule has 0 fully saturated rings. The molecular weight excluding hydrogens is 677 g/mol. The molecule has 7 aromatic rings. The Morgan fingerprint density at radius 1 is 0.722 bits per heavy atom. The average molecular weight is 723 g/mol. The van der Waals surface area contributed by atoms with Crippen molar-refractivity contribution in [2.24, 2.45) is 0 Å². The number of carboxylic acids is 1. The molecule has 0 saturated heterocycles. The zero-order valence-electron chi connectivity index (χ0n) is 31.4. The van der Waals surface area contributed by atoms with Crippen molar-refractivity contribution >= 4 is 62.0 Å². The number of fused-ring (bicyclic) bond motifs is 4. The summed E-state index contributed by atoms with van der Waals surface area (Å²) in [7, 11) is 0. The van der Waals surface area contributed by atoms with Crippen LogP contribution in [0.2, 0.25) is 0 Å². The molecule has 2 heterocycles. The lowest BCUT2D eigenvalue weighted by Crippen LogP contribution is -2.31. The molecule has 8 heteroatoms. The number of benzene rings is 5. The fourth-order valence-electron chi connectivity index (χ4n) is 7.76. The zero-order chi connectivity index (χ0) is 37.8. The van der Waals surface area contributed by atoms with Gasteiger partial charge in [-0.1, -0.05) is 64.1 Å². The van der Waals surface area contributed by atoms with Crippen LogP contribution in [-0.2, 0) is 4.79 Å². The van der Waals surface area contributed by atoms with Crippen molar-refractivity contribution in [1.82, 2.24) is 4.58 Å². The normalized spacial score (nSPS) is 11.4. The number of anilines is 1. The summed E-state index contributed by atoms with van der Waals surface area (Å²) in [6.07, 6.45) is 4.04. The van der Waals surface area contributed by atoms with Gasteiger partial charge in [-0.2, -0.15) is 0 Å². The highest BCUT2D eigenvalue weighted by atomic mass is 16.5. The van der Waals surface area contributed by atoms with E-state index in [-0.39, 0.29) is 5.56 Å². The van der Waals surface area contributed by atoms with Gasteiger partial charge in [-0.25, -0.2) is 13.8 Å². The number of hydrogen-bond donors (Lipinski definition) is 1. The molecule has 0 radical (unpaired) electrons. The molecule has 5 aromatic carbocycles.